The second-order valence-corrected chi connectivity index (χ2v) is 1.50. The van der Waals surface area contributed by atoms with Gasteiger partial charge in [0.2, 0.25) is 0 Å². The number of ether oxygens (including phenoxy) is 1. The first kappa shape index (κ1) is 8.61. The molecule has 0 rings (SSSR count). The fourth-order valence-electron chi connectivity index (χ4n) is 0.346. The molecule has 0 amide bonds. The SMILES string of the molecule is N=C(CCC=O)OC(=O)O. The van der Waals surface area contributed by atoms with Gasteiger partial charge in [0.1, 0.15) is 6.29 Å². The van der Waals surface area contributed by atoms with E-state index < -0.39 is 12.1 Å². The van der Waals surface area contributed by atoms with Gasteiger partial charge in [0.15, 0.2) is 5.90 Å². The second-order valence-electron chi connectivity index (χ2n) is 1.50. The lowest BCUT2D eigenvalue weighted by Crippen LogP contribution is -2.08. The Hall–Kier alpha value is -1.39. The molecule has 0 unspecified atom stereocenters. The maximum atomic E-state index is 9.72. The van der Waals surface area contributed by atoms with Crippen molar-refractivity contribution >= 4 is 18.3 Å². The van der Waals surface area contributed by atoms with Gasteiger partial charge in [-0.25, -0.2) is 4.79 Å². The van der Waals surface area contributed by atoms with Crippen LogP contribution in [0.2, 0.25) is 0 Å². The highest BCUT2D eigenvalue weighted by Gasteiger charge is 2.02. The van der Waals surface area contributed by atoms with E-state index in [1.54, 1.807) is 0 Å². The standard InChI is InChI=1S/C5H7NO4/c6-4(2-1-3-7)10-5(8)9/h3,6H,1-2H2,(H,8,9). The molecule has 0 aliphatic rings. The van der Waals surface area contributed by atoms with Gasteiger partial charge in [-0.05, 0) is 0 Å². The zero-order valence-electron chi connectivity index (χ0n) is 5.16. The van der Waals surface area contributed by atoms with Crippen molar-refractivity contribution in [3.05, 3.63) is 0 Å². The lowest BCUT2D eigenvalue weighted by Gasteiger charge is -1.96. The van der Waals surface area contributed by atoms with Crippen molar-refractivity contribution in [3.63, 3.8) is 0 Å². The molecule has 0 aromatic carbocycles. The summed E-state index contributed by atoms with van der Waals surface area (Å²) in [7, 11) is 0. The molecular formula is C5H7NO4. The van der Waals surface area contributed by atoms with Crippen molar-refractivity contribution in [2.24, 2.45) is 0 Å². The number of carbonyl (C=O) groups is 2. The predicted molar refractivity (Wildman–Crippen MR) is 32.1 cm³/mol. The Morgan fingerprint density at radius 3 is 2.70 bits per heavy atom. The van der Waals surface area contributed by atoms with Crippen molar-refractivity contribution in [1.29, 1.82) is 5.41 Å². The van der Waals surface area contributed by atoms with Crippen LogP contribution in [0.3, 0.4) is 0 Å². The number of carbonyl (C=O) groups excluding carboxylic acids is 1. The number of rotatable bonds is 3. The molecule has 0 aliphatic heterocycles. The highest BCUT2D eigenvalue weighted by atomic mass is 16.7. The number of nitrogens with one attached hydrogen (secondary N) is 1. The van der Waals surface area contributed by atoms with Crippen molar-refractivity contribution in [2.75, 3.05) is 0 Å². The third kappa shape index (κ3) is 4.76. The normalized spacial score (nSPS) is 8.40. The maximum Gasteiger partial charge on any atom is 0.512 e. The fourth-order valence-corrected chi connectivity index (χ4v) is 0.346. The summed E-state index contributed by atoms with van der Waals surface area (Å²) in [5.41, 5.74) is 0. The Labute approximate surface area is 57.1 Å². The number of aldehydes is 1. The molecular weight excluding hydrogens is 138 g/mol. The molecule has 0 aliphatic carbocycles. The van der Waals surface area contributed by atoms with E-state index in [0.717, 1.165) is 0 Å². The third-order valence-electron chi connectivity index (χ3n) is 0.700. The molecule has 0 heterocycles. The summed E-state index contributed by atoms with van der Waals surface area (Å²) in [5, 5.41) is 14.7. The lowest BCUT2D eigenvalue weighted by atomic mass is 10.3. The van der Waals surface area contributed by atoms with E-state index >= 15 is 0 Å². The quantitative estimate of drug-likeness (QED) is 0.264. The van der Waals surface area contributed by atoms with Crippen LogP contribution in [0.15, 0.2) is 0 Å². The molecule has 56 valence electrons. The Bertz CT molecular complexity index is 154. The molecule has 0 atom stereocenters. The van der Waals surface area contributed by atoms with Crippen LogP contribution in [0.5, 0.6) is 0 Å². The Balaban J connectivity index is 3.43. The van der Waals surface area contributed by atoms with E-state index in [0.29, 0.717) is 6.29 Å². The predicted octanol–water partition coefficient (Wildman–Crippen LogP) is 0.637. The van der Waals surface area contributed by atoms with Crippen LogP contribution in [0.25, 0.3) is 0 Å². The summed E-state index contributed by atoms with van der Waals surface area (Å²) in [6.45, 7) is 0. The van der Waals surface area contributed by atoms with Crippen LogP contribution >= 0.6 is 0 Å². The van der Waals surface area contributed by atoms with Gasteiger partial charge in [0.25, 0.3) is 0 Å². The average molecular weight is 145 g/mol. The van der Waals surface area contributed by atoms with Crippen molar-refractivity contribution in [1.82, 2.24) is 0 Å². The minimum absolute atomic E-state index is 0.0375. The number of hydrogen-bond acceptors (Lipinski definition) is 4. The monoisotopic (exact) mass is 145 g/mol. The topological polar surface area (TPSA) is 87.5 Å². The molecule has 10 heavy (non-hydrogen) atoms. The van der Waals surface area contributed by atoms with E-state index in [2.05, 4.69) is 4.74 Å². The second kappa shape index (κ2) is 4.49. The van der Waals surface area contributed by atoms with Crippen LogP contribution < -0.4 is 0 Å². The van der Waals surface area contributed by atoms with E-state index in [1.165, 1.54) is 0 Å². The molecule has 5 nitrogen and oxygen atoms in total. The van der Waals surface area contributed by atoms with Crippen molar-refractivity contribution in [3.8, 4) is 0 Å². The van der Waals surface area contributed by atoms with Gasteiger partial charge in [-0.3, -0.25) is 5.41 Å². The number of carboxylic acid groups (broad SMARTS) is 1. The van der Waals surface area contributed by atoms with E-state index in [-0.39, 0.29) is 12.8 Å². The zero-order valence-corrected chi connectivity index (χ0v) is 5.16. The summed E-state index contributed by atoms with van der Waals surface area (Å²) in [6, 6.07) is 0. The first-order valence-corrected chi connectivity index (χ1v) is 2.58. The van der Waals surface area contributed by atoms with E-state index in [4.69, 9.17) is 10.5 Å². The smallest absolute Gasteiger partial charge is 0.449 e. The van der Waals surface area contributed by atoms with Crippen LogP contribution in [0.1, 0.15) is 12.8 Å². The zero-order chi connectivity index (χ0) is 7.98. The molecule has 0 spiro atoms. The summed E-state index contributed by atoms with van der Waals surface area (Å²) >= 11 is 0. The Morgan fingerprint density at radius 1 is 1.70 bits per heavy atom. The van der Waals surface area contributed by atoms with Gasteiger partial charge in [-0.15, -0.1) is 0 Å². The molecule has 0 saturated heterocycles. The first-order chi connectivity index (χ1) is 4.66. The maximum absolute atomic E-state index is 9.72. The molecule has 0 aromatic rings. The molecule has 0 fully saturated rings. The van der Waals surface area contributed by atoms with Gasteiger partial charge in [0.05, 0.1) is 0 Å². The molecule has 2 N–H and O–H groups in total. The summed E-state index contributed by atoms with van der Waals surface area (Å²) in [5.74, 6) is -0.403. The van der Waals surface area contributed by atoms with Gasteiger partial charge in [0, 0.05) is 12.8 Å². The Kier molecular flexibility index (Phi) is 3.86. The molecule has 0 bridgehead atoms. The average Bonchev–Trinajstić information content (AvgIpc) is 1.82. The van der Waals surface area contributed by atoms with Crippen molar-refractivity contribution in [2.45, 2.75) is 12.8 Å². The lowest BCUT2D eigenvalue weighted by molar-refractivity contribution is -0.107. The highest BCUT2D eigenvalue weighted by molar-refractivity contribution is 5.84. The molecule has 0 radical (unpaired) electrons. The van der Waals surface area contributed by atoms with Gasteiger partial charge >= 0.3 is 6.16 Å². The minimum Gasteiger partial charge on any atom is -0.449 e. The molecule has 0 saturated carbocycles. The van der Waals surface area contributed by atoms with Crippen LogP contribution in [0.4, 0.5) is 4.79 Å². The number of hydrogen-bond donors (Lipinski definition) is 2. The molecule has 0 aromatic heterocycles. The fraction of sp³-hybridized carbons (Fsp3) is 0.400. The summed E-state index contributed by atoms with van der Waals surface area (Å²) in [6.07, 6.45) is -0.766. The van der Waals surface area contributed by atoms with E-state index in [1.807, 2.05) is 0 Å². The van der Waals surface area contributed by atoms with Gasteiger partial charge in [-0.1, -0.05) is 0 Å². The summed E-state index contributed by atoms with van der Waals surface area (Å²) in [4.78, 5) is 19.4. The highest BCUT2D eigenvalue weighted by Crippen LogP contribution is 1.90. The van der Waals surface area contributed by atoms with Gasteiger partial charge < -0.3 is 14.6 Å². The largest absolute Gasteiger partial charge is 0.512 e. The summed E-state index contributed by atoms with van der Waals surface area (Å²) < 4.78 is 3.89. The first-order valence-electron chi connectivity index (χ1n) is 2.58. The van der Waals surface area contributed by atoms with Crippen LogP contribution in [-0.2, 0) is 9.53 Å². The van der Waals surface area contributed by atoms with E-state index in [9.17, 15) is 9.59 Å². The third-order valence-corrected chi connectivity index (χ3v) is 0.700. The Morgan fingerprint density at radius 2 is 2.30 bits per heavy atom. The van der Waals surface area contributed by atoms with Crippen LogP contribution in [0, 0.1) is 5.41 Å². The van der Waals surface area contributed by atoms with Crippen molar-refractivity contribution < 1.29 is 19.4 Å². The molecule has 5 heteroatoms. The minimum atomic E-state index is -1.52. The van der Waals surface area contributed by atoms with Crippen LogP contribution in [-0.4, -0.2) is 23.4 Å². The van der Waals surface area contributed by atoms with Gasteiger partial charge in [-0.2, -0.15) is 0 Å².